The van der Waals surface area contributed by atoms with Gasteiger partial charge in [0.25, 0.3) is 0 Å². The maximum Gasteiger partial charge on any atom is 0.197 e. The molecule has 2 aliphatic rings. The Morgan fingerprint density at radius 3 is 2.85 bits per heavy atom. The number of allylic oxidation sites excluding steroid dienone is 4. The number of halogens is 2. The highest BCUT2D eigenvalue weighted by Gasteiger charge is 2.26. The van der Waals surface area contributed by atoms with Crippen LogP contribution < -0.4 is 5.32 Å². The van der Waals surface area contributed by atoms with Gasteiger partial charge in [-0.15, -0.1) is 0 Å². The van der Waals surface area contributed by atoms with Crippen molar-refractivity contribution in [2.75, 3.05) is 5.32 Å². The summed E-state index contributed by atoms with van der Waals surface area (Å²) >= 11 is 8.06. The van der Waals surface area contributed by atoms with Crippen LogP contribution in [-0.4, -0.2) is 21.6 Å². The summed E-state index contributed by atoms with van der Waals surface area (Å²) in [5.41, 5.74) is 2.81. The maximum atomic E-state index is 13.7. The van der Waals surface area contributed by atoms with Crippen molar-refractivity contribution in [1.29, 1.82) is 0 Å². The standard InChI is InChI=1S/C20H19ClFN3S/c21-15-11-12(22)9-10-14(15)18-19(23-13-5-1-2-6-13)25-16-7-3-4-8-17(16)26-20(25)24-18/h3-4,7-8,10-13,23H,1-2,5-6,9H2. The number of fused-ring (bicyclic) bond motifs is 3. The van der Waals surface area contributed by atoms with Crippen molar-refractivity contribution in [2.24, 2.45) is 0 Å². The summed E-state index contributed by atoms with van der Waals surface area (Å²) < 4.78 is 17.1. The number of alkyl halides is 1. The minimum Gasteiger partial charge on any atom is -0.367 e. The van der Waals surface area contributed by atoms with Crippen LogP contribution in [0.1, 0.15) is 37.8 Å². The second-order valence-corrected chi connectivity index (χ2v) is 8.42. The first kappa shape index (κ1) is 16.3. The number of imidazole rings is 1. The van der Waals surface area contributed by atoms with Crippen LogP contribution in [0.5, 0.6) is 0 Å². The van der Waals surface area contributed by atoms with E-state index in [0.717, 1.165) is 27.6 Å². The highest BCUT2D eigenvalue weighted by atomic mass is 35.5. The summed E-state index contributed by atoms with van der Waals surface area (Å²) in [5.74, 6) is 0.986. The lowest BCUT2D eigenvalue weighted by atomic mass is 10.0. The highest BCUT2D eigenvalue weighted by molar-refractivity contribution is 7.23. The van der Waals surface area contributed by atoms with Crippen molar-refractivity contribution in [1.82, 2.24) is 9.38 Å². The molecular formula is C20H19ClFN3S. The average Bonchev–Trinajstić information content (AvgIpc) is 3.32. The third-order valence-electron chi connectivity index (χ3n) is 5.24. The molecule has 2 aromatic heterocycles. The third kappa shape index (κ3) is 2.65. The molecule has 1 fully saturated rings. The number of anilines is 1. The van der Waals surface area contributed by atoms with E-state index in [0.29, 0.717) is 17.5 Å². The van der Waals surface area contributed by atoms with Gasteiger partial charge >= 0.3 is 0 Å². The normalized spacial score (nSPS) is 21.4. The average molecular weight is 388 g/mol. The molecule has 5 rings (SSSR count). The van der Waals surface area contributed by atoms with Crippen molar-refractivity contribution in [3.8, 4) is 0 Å². The van der Waals surface area contributed by atoms with Gasteiger partial charge in [-0.3, -0.25) is 4.40 Å². The summed E-state index contributed by atoms with van der Waals surface area (Å²) in [6.07, 6.45) is 7.55. The van der Waals surface area contributed by atoms with Gasteiger partial charge in [0.05, 0.1) is 10.2 Å². The zero-order chi connectivity index (χ0) is 17.7. The van der Waals surface area contributed by atoms with Crippen LogP contribution in [0.3, 0.4) is 0 Å². The number of rotatable bonds is 3. The summed E-state index contributed by atoms with van der Waals surface area (Å²) in [7, 11) is 0. The Morgan fingerprint density at radius 1 is 1.23 bits per heavy atom. The Hall–Kier alpha value is -1.85. The van der Waals surface area contributed by atoms with Gasteiger partial charge < -0.3 is 5.32 Å². The predicted molar refractivity (Wildman–Crippen MR) is 108 cm³/mol. The van der Waals surface area contributed by atoms with E-state index in [2.05, 4.69) is 21.9 Å². The van der Waals surface area contributed by atoms with Crippen LogP contribution in [0, 0.1) is 0 Å². The molecule has 0 bridgehead atoms. The van der Waals surface area contributed by atoms with Crippen molar-refractivity contribution < 1.29 is 4.39 Å². The summed E-state index contributed by atoms with van der Waals surface area (Å²) in [6, 6.07) is 8.79. The van der Waals surface area contributed by atoms with Gasteiger partial charge in [-0.2, -0.15) is 0 Å². The summed E-state index contributed by atoms with van der Waals surface area (Å²) in [4.78, 5) is 5.83. The Morgan fingerprint density at radius 2 is 2.04 bits per heavy atom. The molecule has 1 aromatic carbocycles. The fourth-order valence-electron chi connectivity index (χ4n) is 3.96. The van der Waals surface area contributed by atoms with Gasteiger partial charge in [-0.05, 0) is 31.1 Å². The molecule has 134 valence electrons. The first-order valence-corrected chi connectivity index (χ1v) is 10.3. The molecule has 26 heavy (non-hydrogen) atoms. The van der Waals surface area contributed by atoms with E-state index < -0.39 is 6.17 Å². The van der Waals surface area contributed by atoms with E-state index in [9.17, 15) is 4.39 Å². The van der Waals surface area contributed by atoms with E-state index in [-0.39, 0.29) is 0 Å². The minimum atomic E-state index is -1.01. The Bertz CT molecular complexity index is 1040. The van der Waals surface area contributed by atoms with Gasteiger partial charge in [0.1, 0.15) is 17.7 Å². The first-order valence-electron chi connectivity index (χ1n) is 9.09. The second kappa shape index (κ2) is 6.39. The number of hydrogen-bond acceptors (Lipinski definition) is 3. The second-order valence-electron chi connectivity index (χ2n) is 7.01. The lowest BCUT2D eigenvalue weighted by molar-refractivity contribution is 0.402. The maximum absolute atomic E-state index is 13.7. The minimum absolute atomic E-state index is 0.348. The number of nitrogens with one attached hydrogen (secondary N) is 1. The summed E-state index contributed by atoms with van der Waals surface area (Å²) in [5, 5.41) is 4.18. The van der Waals surface area contributed by atoms with Crippen LogP contribution in [0.15, 0.2) is 41.4 Å². The fraction of sp³-hybridized carbons (Fsp3) is 0.350. The SMILES string of the molecule is FC1C=C(Cl)C(c2nc3sc4ccccc4n3c2NC2CCCC2)=CC1. The summed E-state index contributed by atoms with van der Waals surface area (Å²) in [6.45, 7) is 0. The fourth-order valence-corrected chi connectivity index (χ4v) is 5.29. The molecule has 0 aliphatic heterocycles. The van der Waals surface area contributed by atoms with Crippen LogP contribution in [0.2, 0.25) is 0 Å². The number of para-hydroxylation sites is 1. The Kier molecular flexibility index (Phi) is 4.02. The van der Waals surface area contributed by atoms with E-state index in [1.165, 1.54) is 36.5 Å². The monoisotopic (exact) mass is 387 g/mol. The molecule has 0 spiro atoms. The molecule has 2 aliphatic carbocycles. The number of benzene rings is 1. The molecule has 6 heteroatoms. The predicted octanol–water partition coefficient (Wildman–Crippen LogP) is 6.15. The largest absolute Gasteiger partial charge is 0.367 e. The Balaban J connectivity index is 1.70. The van der Waals surface area contributed by atoms with Gasteiger partial charge in [-0.1, -0.05) is 54.0 Å². The quantitative estimate of drug-likeness (QED) is 0.583. The van der Waals surface area contributed by atoms with Crippen LogP contribution in [-0.2, 0) is 0 Å². The lowest BCUT2D eigenvalue weighted by Crippen LogP contribution is -2.17. The molecule has 0 saturated heterocycles. The molecule has 1 saturated carbocycles. The van der Waals surface area contributed by atoms with Crippen LogP contribution >= 0.6 is 22.9 Å². The van der Waals surface area contributed by atoms with E-state index in [4.69, 9.17) is 16.6 Å². The van der Waals surface area contributed by atoms with Gasteiger partial charge in [0.2, 0.25) is 0 Å². The zero-order valence-electron chi connectivity index (χ0n) is 14.2. The van der Waals surface area contributed by atoms with Crippen molar-refractivity contribution in [3.05, 3.63) is 47.1 Å². The topological polar surface area (TPSA) is 29.3 Å². The van der Waals surface area contributed by atoms with Crippen LogP contribution in [0.25, 0.3) is 20.8 Å². The molecule has 0 radical (unpaired) electrons. The number of hydrogen-bond donors (Lipinski definition) is 1. The van der Waals surface area contributed by atoms with Gasteiger partial charge in [-0.25, -0.2) is 9.37 Å². The first-order chi connectivity index (χ1) is 12.7. The van der Waals surface area contributed by atoms with Crippen molar-refractivity contribution in [2.45, 2.75) is 44.3 Å². The van der Waals surface area contributed by atoms with Crippen molar-refractivity contribution >= 4 is 49.5 Å². The molecular weight excluding hydrogens is 369 g/mol. The smallest absolute Gasteiger partial charge is 0.197 e. The zero-order valence-corrected chi connectivity index (χ0v) is 15.8. The number of aromatic nitrogens is 2. The van der Waals surface area contributed by atoms with E-state index in [1.54, 1.807) is 11.3 Å². The van der Waals surface area contributed by atoms with Crippen LogP contribution in [0.4, 0.5) is 10.2 Å². The number of nitrogens with zero attached hydrogens (tertiary/aromatic N) is 2. The van der Waals surface area contributed by atoms with Gasteiger partial charge in [0.15, 0.2) is 4.96 Å². The van der Waals surface area contributed by atoms with E-state index >= 15 is 0 Å². The number of thiazole rings is 1. The lowest BCUT2D eigenvalue weighted by Gasteiger charge is -2.17. The molecule has 1 N–H and O–H groups in total. The van der Waals surface area contributed by atoms with E-state index in [1.807, 2.05) is 18.2 Å². The highest BCUT2D eigenvalue weighted by Crippen LogP contribution is 2.40. The molecule has 1 atom stereocenters. The third-order valence-corrected chi connectivity index (χ3v) is 6.59. The Labute approximate surface area is 160 Å². The molecule has 2 heterocycles. The molecule has 3 nitrogen and oxygen atoms in total. The van der Waals surface area contributed by atoms with Crippen molar-refractivity contribution in [3.63, 3.8) is 0 Å². The molecule has 3 aromatic rings. The molecule has 0 amide bonds. The molecule has 1 unspecified atom stereocenters. The van der Waals surface area contributed by atoms with Gasteiger partial charge in [0, 0.05) is 23.1 Å².